The molecule has 3 N–H and O–H groups in total. The lowest BCUT2D eigenvalue weighted by atomic mass is 10.1. The molecule has 0 fully saturated rings. The molecule has 0 saturated carbocycles. The summed E-state index contributed by atoms with van der Waals surface area (Å²) in [4.78, 5) is 13.9. The normalized spacial score (nSPS) is 14.2. The fourth-order valence-corrected chi connectivity index (χ4v) is 1.18. The molecule has 0 aromatic carbocycles. The fraction of sp³-hybridized carbons (Fsp3) is 0.400. The number of hydrogen-bond donors (Lipinski definition) is 3. The van der Waals surface area contributed by atoms with Gasteiger partial charge < -0.3 is 15.5 Å². The predicted octanol–water partition coefficient (Wildman–Crippen LogP) is -0.249. The Morgan fingerprint density at radius 3 is 2.88 bits per heavy atom. The molecule has 0 bridgehead atoms. The van der Waals surface area contributed by atoms with Crippen LogP contribution in [0.4, 0.5) is 4.39 Å². The van der Waals surface area contributed by atoms with Crippen LogP contribution in [0.25, 0.3) is 0 Å². The number of pyridine rings is 1. The van der Waals surface area contributed by atoms with Crippen molar-refractivity contribution in [2.24, 2.45) is 0 Å². The highest BCUT2D eigenvalue weighted by atomic mass is 19.1. The largest absolute Gasteiger partial charge is 0.388 e. The molecule has 2 atom stereocenters. The number of aliphatic hydroxyl groups excluding tert-OH is 2. The van der Waals surface area contributed by atoms with Gasteiger partial charge in [-0.1, -0.05) is 0 Å². The van der Waals surface area contributed by atoms with Crippen molar-refractivity contribution in [1.82, 2.24) is 10.3 Å². The predicted molar refractivity (Wildman–Crippen MR) is 53.8 cm³/mol. The maximum absolute atomic E-state index is 12.7. The van der Waals surface area contributed by atoms with E-state index in [0.717, 1.165) is 6.07 Å². The van der Waals surface area contributed by atoms with Crippen molar-refractivity contribution < 1.29 is 19.4 Å². The third kappa shape index (κ3) is 3.56. The molecule has 0 radical (unpaired) electrons. The van der Waals surface area contributed by atoms with Gasteiger partial charge in [-0.15, -0.1) is 0 Å². The highest BCUT2D eigenvalue weighted by molar-refractivity contribution is 5.72. The van der Waals surface area contributed by atoms with E-state index in [2.05, 4.69) is 10.3 Å². The zero-order valence-electron chi connectivity index (χ0n) is 8.72. The van der Waals surface area contributed by atoms with E-state index >= 15 is 0 Å². The monoisotopic (exact) mass is 228 g/mol. The van der Waals surface area contributed by atoms with Gasteiger partial charge in [0.25, 0.3) is 0 Å². The van der Waals surface area contributed by atoms with E-state index in [1.54, 1.807) is 0 Å². The van der Waals surface area contributed by atoms with Crippen LogP contribution < -0.4 is 5.32 Å². The Balaban J connectivity index is 2.62. The molecule has 1 amide bonds. The molecule has 0 aliphatic carbocycles. The van der Waals surface area contributed by atoms with Gasteiger partial charge in [0.1, 0.15) is 12.2 Å². The molecule has 0 saturated heterocycles. The van der Waals surface area contributed by atoms with Crippen molar-refractivity contribution in [3.8, 4) is 0 Å². The molecule has 0 spiro atoms. The summed E-state index contributed by atoms with van der Waals surface area (Å²) >= 11 is 0. The summed E-state index contributed by atoms with van der Waals surface area (Å²) in [6.45, 7) is 1.20. The van der Waals surface area contributed by atoms with Crippen LogP contribution in [0, 0.1) is 5.95 Å². The van der Waals surface area contributed by atoms with Crippen LogP contribution in [0.1, 0.15) is 18.6 Å². The second kappa shape index (κ2) is 5.53. The summed E-state index contributed by atoms with van der Waals surface area (Å²) in [6.07, 6.45) is -1.26. The molecule has 6 heteroatoms. The number of halogens is 1. The Kier molecular flexibility index (Phi) is 4.33. The Bertz CT molecular complexity index is 373. The maximum atomic E-state index is 12.7. The van der Waals surface area contributed by atoms with Crippen LogP contribution in [0.3, 0.4) is 0 Å². The first-order chi connectivity index (χ1) is 7.50. The van der Waals surface area contributed by atoms with Crippen LogP contribution in [0.5, 0.6) is 0 Å². The zero-order chi connectivity index (χ0) is 12.1. The van der Waals surface area contributed by atoms with Gasteiger partial charge in [0.2, 0.25) is 11.9 Å². The number of hydrogen-bond acceptors (Lipinski definition) is 4. The summed E-state index contributed by atoms with van der Waals surface area (Å²) in [6, 6.07) is 2.42. The minimum absolute atomic E-state index is 0.0968. The molecule has 1 rings (SSSR count). The number of rotatable bonds is 4. The van der Waals surface area contributed by atoms with E-state index in [1.807, 2.05) is 0 Å². The zero-order valence-corrected chi connectivity index (χ0v) is 8.72. The summed E-state index contributed by atoms with van der Waals surface area (Å²) in [5, 5.41) is 21.5. The first-order valence-electron chi connectivity index (χ1n) is 4.72. The topological polar surface area (TPSA) is 82.5 Å². The van der Waals surface area contributed by atoms with E-state index in [4.69, 9.17) is 0 Å². The molecular weight excluding hydrogens is 215 g/mol. The van der Waals surface area contributed by atoms with Crippen molar-refractivity contribution in [2.45, 2.75) is 19.1 Å². The van der Waals surface area contributed by atoms with E-state index in [-0.39, 0.29) is 18.0 Å². The molecule has 0 aliphatic heterocycles. The third-order valence-corrected chi connectivity index (χ3v) is 2.02. The lowest BCUT2D eigenvalue weighted by Crippen LogP contribution is -2.34. The second-order valence-corrected chi connectivity index (χ2v) is 3.36. The van der Waals surface area contributed by atoms with E-state index in [0.29, 0.717) is 0 Å². The van der Waals surface area contributed by atoms with Gasteiger partial charge in [0, 0.05) is 19.7 Å². The summed E-state index contributed by atoms with van der Waals surface area (Å²) in [7, 11) is 0. The van der Waals surface area contributed by atoms with Crippen LogP contribution in [-0.4, -0.2) is 33.8 Å². The first kappa shape index (κ1) is 12.5. The number of carbonyl (C=O) groups is 1. The van der Waals surface area contributed by atoms with Gasteiger partial charge >= 0.3 is 0 Å². The fourth-order valence-electron chi connectivity index (χ4n) is 1.18. The van der Waals surface area contributed by atoms with Crippen molar-refractivity contribution >= 4 is 5.91 Å². The van der Waals surface area contributed by atoms with Gasteiger partial charge in [-0.25, -0.2) is 4.98 Å². The van der Waals surface area contributed by atoms with Gasteiger partial charge in [0.05, 0.1) is 0 Å². The second-order valence-electron chi connectivity index (χ2n) is 3.36. The summed E-state index contributed by atoms with van der Waals surface area (Å²) in [5.41, 5.74) is 0.213. The summed E-state index contributed by atoms with van der Waals surface area (Å²) in [5.74, 6) is -1.05. The minimum atomic E-state index is -1.26. The molecule has 88 valence electrons. The summed E-state index contributed by atoms with van der Waals surface area (Å²) < 4.78 is 12.7. The quantitative estimate of drug-likeness (QED) is 0.621. The first-order valence-corrected chi connectivity index (χ1v) is 4.72. The smallest absolute Gasteiger partial charge is 0.216 e. The minimum Gasteiger partial charge on any atom is -0.388 e. The number of nitrogens with zero attached hydrogens (tertiary/aromatic N) is 1. The lowest BCUT2D eigenvalue weighted by Gasteiger charge is -2.18. The number of nitrogens with one attached hydrogen (secondary N) is 1. The molecule has 2 unspecified atom stereocenters. The lowest BCUT2D eigenvalue weighted by molar-refractivity contribution is -0.119. The molecule has 5 nitrogen and oxygen atoms in total. The molecule has 1 heterocycles. The van der Waals surface area contributed by atoms with E-state index in [9.17, 15) is 19.4 Å². The molecule has 0 aliphatic rings. The van der Waals surface area contributed by atoms with Crippen molar-refractivity contribution in [1.29, 1.82) is 0 Å². The van der Waals surface area contributed by atoms with Crippen molar-refractivity contribution in [3.05, 3.63) is 29.8 Å². The highest BCUT2D eigenvalue weighted by Crippen LogP contribution is 2.16. The van der Waals surface area contributed by atoms with Gasteiger partial charge in [-0.05, 0) is 17.7 Å². The molecule has 1 aromatic rings. The number of amides is 1. The Morgan fingerprint density at radius 2 is 2.31 bits per heavy atom. The van der Waals surface area contributed by atoms with Crippen LogP contribution in [-0.2, 0) is 4.79 Å². The number of aliphatic hydroxyl groups is 2. The Labute approximate surface area is 91.9 Å². The molecule has 16 heavy (non-hydrogen) atoms. The average Bonchev–Trinajstić information content (AvgIpc) is 2.24. The van der Waals surface area contributed by atoms with Crippen molar-refractivity contribution in [3.63, 3.8) is 0 Å². The van der Waals surface area contributed by atoms with Crippen LogP contribution in [0.2, 0.25) is 0 Å². The van der Waals surface area contributed by atoms with Crippen molar-refractivity contribution in [2.75, 3.05) is 6.54 Å². The van der Waals surface area contributed by atoms with Gasteiger partial charge in [-0.3, -0.25) is 4.79 Å². The highest BCUT2D eigenvalue weighted by Gasteiger charge is 2.18. The van der Waals surface area contributed by atoms with Crippen LogP contribution >= 0.6 is 0 Å². The van der Waals surface area contributed by atoms with Gasteiger partial charge in [0.15, 0.2) is 0 Å². The SMILES string of the molecule is CC(=O)NCC(O)C(O)c1ccnc(F)c1. The maximum Gasteiger partial charge on any atom is 0.216 e. The average molecular weight is 228 g/mol. The molecular formula is C10H13FN2O3. The Morgan fingerprint density at radius 1 is 1.62 bits per heavy atom. The van der Waals surface area contributed by atoms with Gasteiger partial charge in [-0.2, -0.15) is 4.39 Å². The third-order valence-electron chi connectivity index (χ3n) is 2.02. The van der Waals surface area contributed by atoms with E-state index in [1.165, 1.54) is 19.2 Å². The number of carbonyl (C=O) groups excluding carboxylic acids is 1. The Hall–Kier alpha value is -1.53. The molecule has 1 aromatic heterocycles. The number of aromatic nitrogens is 1. The van der Waals surface area contributed by atoms with E-state index < -0.39 is 18.2 Å². The standard InChI is InChI=1S/C10H13FN2O3/c1-6(14)13-5-8(15)10(16)7-2-3-12-9(11)4-7/h2-4,8,10,15-16H,5H2,1H3,(H,13,14). The van der Waals surface area contributed by atoms with Crippen LogP contribution in [0.15, 0.2) is 18.3 Å².